The predicted octanol–water partition coefficient (Wildman–Crippen LogP) is 3.83. The molecule has 0 aliphatic rings. The normalized spacial score (nSPS) is 11.5. The summed E-state index contributed by atoms with van der Waals surface area (Å²) in [5.41, 5.74) is 3.71. The first kappa shape index (κ1) is 22.4. The number of imidazole rings is 1. The molecular formula is C20H21ClN4O3S2. The van der Waals surface area contributed by atoms with Crippen molar-refractivity contribution in [2.75, 3.05) is 11.1 Å². The third-order valence-electron chi connectivity index (χ3n) is 4.68. The summed E-state index contributed by atoms with van der Waals surface area (Å²) in [6, 6.07) is 8.46. The number of hydrogen-bond acceptors (Lipinski definition) is 5. The number of sulfonamides is 1. The number of hydrogen-bond donors (Lipinski definition) is 2. The van der Waals surface area contributed by atoms with E-state index in [1.54, 1.807) is 20.0 Å². The summed E-state index contributed by atoms with van der Waals surface area (Å²) in [6.07, 6.45) is 3.46. The molecule has 0 unspecified atom stereocenters. The van der Waals surface area contributed by atoms with Gasteiger partial charge in [0.15, 0.2) is 5.16 Å². The van der Waals surface area contributed by atoms with Crippen LogP contribution in [0.4, 0.5) is 5.69 Å². The molecule has 10 heteroatoms. The van der Waals surface area contributed by atoms with Gasteiger partial charge in [-0.05, 0) is 61.7 Å². The summed E-state index contributed by atoms with van der Waals surface area (Å²) < 4.78 is 25.2. The molecule has 3 rings (SSSR count). The van der Waals surface area contributed by atoms with E-state index in [9.17, 15) is 13.2 Å². The standard InChI is InChI=1S/C20H21ClN4O3S2/c1-12-9-15(30(22,27)28)10-17(13(12)2)24-19(26)11-29-20-23-7-8-25(20)18-6-4-5-16(21)14(18)3/h4-10H,11H2,1-3H3,(H,24,26)(H2,22,27,28). The van der Waals surface area contributed by atoms with Crippen LogP contribution in [0.15, 0.2) is 52.8 Å². The minimum Gasteiger partial charge on any atom is -0.325 e. The van der Waals surface area contributed by atoms with Crippen molar-refractivity contribution in [2.24, 2.45) is 5.14 Å². The Morgan fingerprint density at radius 2 is 1.97 bits per heavy atom. The number of rotatable bonds is 6. The second-order valence-corrected chi connectivity index (χ2v) is 9.67. The van der Waals surface area contributed by atoms with Crippen LogP contribution < -0.4 is 10.5 Å². The van der Waals surface area contributed by atoms with Gasteiger partial charge in [0.25, 0.3) is 0 Å². The van der Waals surface area contributed by atoms with Crippen molar-refractivity contribution in [3.8, 4) is 5.69 Å². The molecule has 1 aromatic heterocycles. The van der Waals surface area contributed by atoms with Crippen molar-refractivity contribution in [3.63, 3.8) is 0 Å². The zero-order valence-electron chi connectivity index (χ0n) is 16.6. The van der Waals surface area contributed by atoms with Crippen LogP contribution in [0.1, 0.15) is 16.7 Å². The topological polar surface area (TPSA) is 107 Å². The maximum atomic E-state index is 12.5. The zero-order chi connectivity index (χ0) is 22.1. The minimum absolute atomic E-state index is 0.0412. The van der Waals surface area contributed by atoms with Crippen molar-refractivity contribution in [3.05, 3.63) is 64.4 Å². The summed E-state index contributed by atoms with van der Waals surface area (Å²) in [5, 5.41) is 9.28. The number of thioether (sulfide) groups is 1. The molecule has 7 nitrogen and oxygen atoms in total. The fourth-order valence-corrected chi connectivity index (χ4v) is 4.43. The van der Waals surface area contributed by atoms with E-state index in [2.05, 4.69) is 10.3 Å². The lowest BCUT2D eigenvalue weighted by Gasteiger charge is -2.13. The highest BCUT2D eigenvalue weighted by Crippen LogP contribution is 2.27. The number of nitrogens with one attached hydrogen (secondary N) is 1. The Morgan fingerprint density at radius 3 is 2.67 bits per heavy atom. The Labute approximate surface area is 184 Å². The largest absolute Gasteiger partial charge is 0.325 e. The molecule has 0 atom stereocenters. The lowest BCUT2D eigenvalue weighted by molar-refractivity contribution is -0.113. The molecule has 0 spiro atoms. The summed E-state index contributed by atoms with van der Waals surface area (Å²) in [4.78, 5) is 16.8. The number of carbonyl (C=O) groups excluding carboxylic acids is 1. The van der Waals surface area contributed by atoms with Gasteiger partial charge in [0.1, 0.15) is 0 Å². The molecule has 0 aliphatic heterocycles. The first-order valence-electron chi connectivity index (χ1n) is 8.93. The maximum Gasteiger partial charge on any atom is 0.238 e. The molecular weight excluding hydrogens is 444 g/mol. The molecule has 30 heavy (non-hydrogen) atoms. The molecule has 3 N–H and O–H groups in total. The van der Waals surface area contributed by atoms with Crippen molar-refractivity contribution >= 4 is 45.0 Å². The van der Waals surface area contributed by atoms with Crippen LogP contribution in [0, 0.1) is 20.8 Å². The molecule has 0 aliphatic carbocycles. The van der Waals surface area contributed by atoms with Gasteiger partial charge in [-0.15, -0.1) is 0 Å². The number of primary sulfonamides is 1. The van der Waals surface area contributed by atoms with Gasteiger partial charge < -0.3 is 5.32 Å². The third kappa shape index (κ3) is 4.86. The van der Waals surface area contributed by atoms with Crippen molar-refractivity contribution in [1.82, 2.24) is 9.55 Å². The number of aromatic nitrogens is 2. The van der Waals surface area contributed by atoms with Crippen LogP contribution in [0.2, 0.25) is 5.02 Å². The number of halogens is 1. The highest BCUT2D eigenvalue weighted by atomic mass is 35.5. The van der Waals surface area contributed by atoms with E-state index in [4.69, 9.17) is 16.7 Å². The zero-order valence-corrected chi connectivity index (χ0v) is 19.0. The Hall–Kier alpha value is -2.33. The number of carbonyl (C=O) groups is 1. The number of aryl methyl sites for hydroxylation is 1. The van der Waals surface area contributed by atoms with E-state index in [1.165, 1.54) is 23.9 Å². The number of benzene rings is 2. The van der Waals surface area contributed by atoms with E-state index in [0.717, 1.165) is 22.4 Å². The lowest BCUT2D eigenvalue weighted by atomic mass is 10.1. The van der Waals surface area contributed by atoms with Crippen molar-refractivity contribution in [2.45, 2.75) is 30.8 Å². The van der Waals surface area contributed by atoms with Crippen LogP contribution in [-0.4, -0.2) is 29.6 Å². The molecule has 0 saturated heterocycles. The van der Waals surface area contributed by atoms with E-state index in [-0.39, 0.29) is 16.6 Å². The van der Waals surface area contributed by atoms with Gasteiger partial charge in [-0.25, -0.2) is 18.5 Å². The van der Waals surface area contributed by atoms with Gasteiger partial charge in [-0.1, -0.05) is 29.4 Å². The molecule has 2 aromatic carbocycles. The smallest absolute Gasteiger partial charge is 0.238 e. The van der Waals surface area contributed by atoms with Crippen LogP contribution >= 0.6 is 23.4 Å². The first-order chi connectivity index (χ1) is 14.1. The molecule has 0 radical (unpaired) electrons. The van der Waals surface area contributed by atoms with E-state index in [0.29, 0.717) is 15.9 Å². The van der Waals surface area contributed by atoms with E-state index < -0.39 is 10.0 Å². The Kier molecular flexibility index (Phi) is 6.56. The van der Waals surface area contributed by atoms with Crippen LogP contribution in [0.25, 0.3) is 5.69 Å². The van der Waals surface area contributed by atoms with Crippen molar-refractivity contribution in [1.29, 1.82) is 0 Å². The van der Waals surface area contributed by atoms with Gasteiger partial charge in [0.05, 0.1) is 16.3 Å². The molecule has 1 amide bonds. The van der Waals surface area contributed by atoms with Crippen LogP contribution in [0.3, 0.4) is 0 Å². The van der Waals surface area contributed by atoms with E-state index in [1.807, 2.05) is 35.9 Å². The van der Waals surface area contributed by atoms with Gasteiger partial charge in [0, 0.05) is 23.1 Å². The fourth-order valence-electron chi connectivity index (χ4n) is 2.87. The SMILES string of the molecule is Cc1cc(S(N)(=O)=O)cc(NC(=O)CSc2nccn2-c2cccc(Cl)c2C)c1C. The molecule has 1 heterocycles. The highest BCUT2D eigenvalue weighted by molar-refractivity contribution is 7.99. The molecule has 158 valence electrons. The minimum atomic E-state index is -3.87. The summed E-state index contributed by atoms with van der Waals surface area (Å²) in [6.45, 7) is 5.49. The molecule has 0 fully saturated rings. The second kappa shape index (κ2) is 8.81. The molecule has 3 aromatic rings. The third-order valence-corrected chi connectivity index (χ3v) is 6.95. The predicted molar refractivity (Wildman–Crippen MR) is 120 cm³/mol. The Balaban J connectivity index is 1.77. The Morgan fingerprint density at radius 1 is 1.23 bits per heavy atom. The summed E-state index contributed by atoms with van der Waals surface area (Å²) >= 11 is 7.48. The average Bonchev–Trinajstić information content (AvgIpc) is 3.13. The van der Waals surface area contributed by atoms with Gasteiger partial charge in [0.2, 0.25) is 15.9 Å². The fraction of sp³-hybridized carbons (Fsp3) is 0.200. The van der Waals surface area contributed by atoms with Gasteiger partial charge in [-0.2, -0.15) is 0 Å². The second-order valence-electron chi connectivity index (χ2n) is 6.76. The van der Waals surface area contributed by atoms with Crippen LogP contribution in [0.5, 0.6) is 0 Å². The average molecular weight is 465 g/mol. The van der Waals surface area contributed by atoms with Gasteiger partial charge in [-0.3, -0.25) is 9.36 Å². The first-order valence-corrected chi connectivity index (χ1v) is 11.8. The quantitative estimate of drug-likeness (QED) is 0.539. The number of nitrogens with zero attached hydrogens (tertiary/aromatic N) is 2. The molecule has 0 bridgehead atoms. The van der Waals surface area contributed by atoms with Gasteiger partial charge >= 0.3 is 0 Å². The summed E-state index contributed by atoms with van der Waals surface area (Å²) in [5.74, 6) is -0.194. The number of nitrogens with two attached hydrogens (primary N) is 1. The highest BCUT2D eigenvalue weighted by Gasteiger charge is 2.16. The lowest BCUT2D eigenvalue weighted by Crippen LogP contribution is -2.18. The molecule has 0 saturated carbocycles. The van der Waals surface area contributed by atoms with E-state index >= 15 is 0 Å². The number of amides is 1. The number of anilines is 1. The monoisotopic (exact) mass is 464 g/mol. The Bertz CT molecular complexity index is 1220. The summed E-state index contributed by atoms with van der Waals surface area (Å²) in [7, 11) is -3.87. The van der Waals surface area contributed by atoms with Crippen molar-refractivity contribution < 1.29 is 13.2 Å². The van der Waals surface area contributed by atoms with Crippen LogP contribution in [-0.2, 0) is 14.8 Å². The maximum absolute atomic E-state index is 12.5.